The maximum absolute atomic E-state index is 13.2. The topological polar surface area (TPSA) is 79.4 Å². The summed E-state index contributed by atoms with van der Waals surface area (Å²) in [7, 11) is 0. The molecule has 1 amide bonds. The van der Waals surface area contributed by atoms with Crippen LogP contribution in [-0.4, -0.2) is 60.2 Å². The van der Waals surface area contributed by atoms with E-state index < -0.39 is 0 Å². The van der Waals surface area contributed by atoms with Crippen LogP contribution in [0.4, 0.5) is 15.9 Å². The number of anilines is 2. The van der Waals surface area contributed by atoms with Crippen LogP contribution in [0.15, 0.2) is 36.7 Å². The number of rotatable bonds is 6. The molecule has 2 N–H and O–H groups in total. The summed E-state index contributed by atoms with van der Waals surface area (Å²) in [5, 5.41) is 5.80. The Bertz CT molecular complexity index is 722. The molecule has 0 bridgehead atoms. The van der Waals surface area contributed by atoms with Crippen LogP contribution in [-0.2, 0) is 4.74 Å². The molecule has 1 aliphatic heterocycles. The number of nitrogens with zero attached hydrogens (tertiary/aromatic N) is 3. The van der Waals surface area contributed by atoms with E-state index in [0.29, 0.717) is 18.1 Å². The van der Waals surface area contributed by atoms with Gasteiger partial charge in [0.05, 0.1) is 13.2 Å². The summed E-state index contributed by atoms with van der Waals surface area (Å²) in [6.07, 6.45) is 1.30. The molecule has 2 heterocycles. The normalized spacial score (nSPS) is 14.9. The van der Waals surface area contributed by atoms with E-state index in [1.54, 1.807) is 12.1 Å². The summed E-state index contributed by atoms with van der Waals surface area (Å²) in [5.74, 6) is -0.183. The zero-order valence-corrected chi connectivity index (χ0v) is 13.7. The standard InChI is InChI=1S/C17H20FN5O2/c18-13-2-1-3-14(10-13)22-16-11-15(20-12-21-16)17(24)19-4-5-23-6-8-25-9-7-23/h1-3,10-12H,4-9H2,(H,19,24)(H,20,21,22). The number of carbonyl (C=O) groups excluding carboxylic acids is 1. The highest BCUT2D eigenvalue weighted by Gasteiger charge is 2.12. The third-order valence-corrected chi connectivity index (χ3v) is 3.81. The molecule has 1 aromatic heterocycles. The number of hydrogen-bond acceptors (Lipinski definition) is 6. The Hall–Kier alpha value is -2.58. The Morgan fingerprint density at radius 2 is 2.08 bits per heavy atom. The second kappa shape index (κ2) is 8.50. The number of ether oxygens (including phenoxy) is 1. The molecule has 3 rings (SSSR count). The zero-order chi connectivity index (χ0) is 17.5. The molecule has 1 aromatic carbocycles. The van der Waals surface area contributed by atoms with Crippen LogP contribution in [0.3, 0.4) is 0 Å². The van der Waals surface area contributed by atoms with Crippen molar-refractivity contribution in [2.24, 2.45) is 0 Å². The summed E-state index contributed by atoms with van der Waals surface area (Å²) in [4.78, 5) is 22.5. The summed E-state index contributed by atoms with van der Waals surface area (Å²) < 4.78 is 18.5. The lowest BCUT2D eigenvalue weighted by atomic mass is 10.3. The van der Waals surface area contributed by atoms with Crippen LogP contribution in [0.2, 0.25) is 0 Å². The number of amides is 1. The number of hydrogen-bond donors (Lipinski definition) is 2. The fraction of sp³-hybridized carbons (Fsp3) is 0.353. The van der Waals surface area contributed by atoms with Gasteiger partial charge in [0, 0.05) is 37.9 Å². The minimum Gasteiger partial charge on any atom is -0.379 e. The number of aromatic nitrogens is 2. The van der Waals surface area contributed by atoms with Crippen molar-refractivity contribution in [1.82, 2.24) is 20.2 Å². The summed E-state index contributed by atoms with van der Waals surface area (Å²) >= 11 is 0. The first-order valence-electron chi connectivity index (χ1n) is 8.14. The third kappa shape index (κ3) is 5.20. The number of carbonyl (C=O) groups is 1. The average Bonchev–Trinajstić information content (AvgIpc) is 2.63. The second-order valence-corrected chi connectivity index (χ2v) is 5.63. The first-order chi connectivity index (χ1) is 12.2. The minimum absolute atomic E-state index is 0.260. The smallest absolute Gasteiger partial charge is 0.270 e. The van der Waals surface area contributed by atoms with Crippen molar-refractivity contribution in [2.45, 2.75) is 0 Å². The molecule has 1 saturated heterocycles. The van der Waals surface area contributed by atoms with Gasteiger partial charge in [0.2, 0.25) is 0 Å². The molecule has 2 aromatic rings. The number of nitrogens with one attached hydrogen (secondary N) is 2. The van der Waals surface area contributed by atoms with Gasteiger partial charge in [0.1, 0.15) is 23.7 Å². The Balaban J connectivity index is 1.54. The molecule has 132 valence electrons. The largest absolute Gasteiger partial charge is 0.379 e. The van der Waals surface area contributed by atoms with E-state index in [4.69, 9.17) is 4.74 Å². The lowest BCUT2D eigenvalue weighted by Crippen LogP contribution is -2.41. The van der Waals surface area contributed by atoms with Gasteiger partial charge in [-0.1, -0.05) is 6.07 Å². The molecule has 0 saturated carbocycles. The SMILES string of the molecule is O=C(NCCN1CCOCC1)c1cc(Nc2cccc(F)c2)ncn1. The molecule has 0 aliphatic carbocycles. The van der Waals surface area contributed by atoms with E-state index in [0.717, 1.165) is 32.8 Å². The molecule has 0 radical (unpaired) electrons. The molecule has 1 aliphatic rings. The van der Waals surface area contributed by atoms with Gasteiger partial charge in [0.25, 0.3) is 5.91 Å². The molecule has 1 fully saturated rings. The molecule has 0 atom stereocenters. The molecule has 25 heavy (non-hydrogen) atoms. The lowest BCUT2D eigenvalue weighted by molar-refractivity contribution is 0.0383. The fourth-order valence-electron chi connectivity index (χ4n) is 2.51. The summed E-state index contributed by atoms with van der Waals surface area (Å²) in [6, 6.07) is 7.56. The van der Waals surface area contributed by atoms with Gasteiger partial charge in [-0.2, -0.15) is 0 Å². The Labute approximate surface area is 145 Å². The summed E-state index contributed by atoms with van der Waals surface area (Å²) in [6.45, 7) is 4.53. The quantitative estimate of drug-likeness (QED) is 0.824. The van der Waals surface area contributed by atoms with Crippen molar-refractivity contribution in [2.75, 3.05) is 44.7 Å². The highest BCUT2D eigenvalue weighted by atomic mass is 19.1. The van der Waals surface area contributed by atoms with Gasteiger partial charge in [-0.3, -0.25) is 9.69 Å². The predicted molar refractivity (Wildman–Crippen MR) is 91.3 cm³/mol. The monoisotopic (exact) mass is 345 g/mol. The second-order valence-electron chi connectivity index (χ2n) is 5.63. The number of halogens is 1. The van der Waals surface area contributed by atoms with Crippen LogP contribution in [0.25, 0.3) is 0 Å². The van der Waals surface area contributed by atoms with Crippen LogP contribution < -0.4 is 10.6 Å². The van der Waals surface area contributed by atoms with Crippen molar-refractivity contribution in [3.8, 4) is 0 Å². The van der Waals surface area contributed by atoms with Gasteiger partial charge >= 0.3 is 0 Å². The molecule has 0 unspecified atom stereocenters. The average molecular weight is 345 g/mol. The van der Waals surface area contributed by atoms with Crippen molar-refractivity contribution in [1.29, 1.82) is 0 Å². The van der Waals surface area contributed by atoms with Crippen LogP contribution in [0, 0.1) is 5.82 Å². The summed E-state index contributed by atoms with van der Waals surface area (Å²) in [5.41, 5.74) is 0.813. The molecule has 0 spiro atoms. The number of benzene rings is 1. The first-order valence-corrected chi connectivity index (χ1v) is 8.14. The van der Waals surface area contributed by atoms with E-state index in [1.807, 2.05) is 0 Å². The first kappa shape index (κ1) is 17.2. The Kier molecular flexibility index (Phi) is 5.86. The maximum atomic E-state index is 13.2. The molecular weight excluding hydrogens is 325 g/mol. The van der Waals surface area contributed by atoms with E-state index >= 15 is 0 Å². The third-order valence-electron chi connectivity index (χ3n) is 3.81. The van der Waals surface area contributed by atoms with Crippen LogP contribution >= 0.6 is 0 Å². The van der Waals surface area contributed by atoms with E-state index in [-0.39, 0.29) is 17.4 Å². The molecular formula is C17H20FN5O2. The van der Waals surface area contributed by atoms with Crippen LogP contribution in [0.5, 0.6) is 0 Å². The molecule has 7 nitrogen and oxygen atoms in total. The highest BCUT2D eigenvalue weighted by Crippen LogP contribution is 2.15. The van der Waals surface area contributed by atoms with E-state index in [1.165, 1.54) is 24.5 Å². The van der Waals surface area contributed by atoms with Gasteiger partial charge < -0.3 is 15.4 Å². The van der Waals surface area contributed by atoms with Crippen molar-refractivity contribution >= 4 is 17.4 Å². The van der Waals surface area contributed by atoms with E-state index in [9.17, 15) is 9.18 Å². The maximum Gasteiger partial charge on any atom is 0.270 e. The van der Waals surface area contributed by atoms with Gasteiger partial charge in [-0.15, -0.1) is 0 Å². The van der Waals surface area contributed by atoms with Crippen molar-refractivity contribution in [3.63, 3.8) is 0 Å². The van der Waals surface area contributed by atoms with Crippen molar-refractivity contribution < 1.29 is 13.9 Å². The van der Waals surface area contributed by atoms with Crippen molar-refractivity contribution in [3.05, 3.63) is 48.2 Å². The van der Waals surface area contributed by atoms with Crippen LogP contribution in [0.1, 0.15) is 10.5 Å². The molecule has 8 heteroatoms. The highest BCUT2D eigenvalue weighted by molar-refractivity contribution is 5.92. The Morgan fingerprint density at radius 3 is 2.88 bits per heavy atom. The minimum atomic E-state index is -0.347. The fourth-order valence-corrected chi connectivity index (χ4v) is 2.51. The van der Waals surface area contributed by atoms with Gasteiger partial charge in [0.15, 0.2) is 0 Å². The predicted octanol–water partition coefficient (Wildman–Crippen LogP) is 1.42. The lowest BCUT2D eigenvalue weighted by Gasteiger charge is -2.26. The van der Waals surface area contributed by atoms with E-state index in [2.05, 4.69) is 25.5 Å². The zero-order valence-electron chi connectivity index (χ0n) is 13.7. The number of morpholine rings is 1. The Morgan fingerprint density at radius 1 is 1.24 bits per heavy atom. The van der Waals surface area contributed by atoms with Gasteiger partial charge in [-0.05, 0) is 18.2 Å². The van der Waals surface area contributed by atoms with Gasteiger partial charge in [-0.25, -0.2) is 14.4 Å².